The van der Waals surface area contributed by atoms with E-state index < -0.39 is 16.2 Å². The van der Waals surface area contributed by atoms with Crippen molar-refractivity contribution in [1.82, 2.24) is 13.6 Å². The number of nitrogens with zero attached hydrogens (tertiary/aromatic N) is 4. The summed E-state index contributed by atoms with van der Waals surface area (Å²) in [4.78, 5) is 13.1. The average Bonchev–Trinajstić information content (AvgIpc) is 3.22. The first kappa shape index (κ1) is 23.2. The second-order valence-electron chi connectivity index (χ2n) is 7.29. The Morgan fingerprint density at radius 1 is 1.13 bits per heavy atom. The highest BCUT2D eigenvalue weighted by molar-refractivity contribution is 7.87. The zero-order valence-corrected chi connectivity index (χ0v) is 19.5. The van der Waals surface area contributed by atoms with Crippen LogP contribution >= 0.6 is 11.6 Å². The van der Waals surface area contributed by atoms with E-state index in [0.29, 0.717) is 30.2 Å². The SMILES string of the molecule is CCCN(CC)S(=O)(=O)N(C)C(=O)N1CC(c2ccccc2)C(c2ccc(Cl)cc2)=N1. The van der Waals surface area contributed by atoms with Crippen molar-refractivity contribution < 1.29 is 13.2 Å². The summed E-state index contributed by atoms with van der Waals surface area (Å²) in [6.45, 7) is 4.54. The van der Waals surface area contributed by atoms with Crippen molar-refractivity contribution in [2.24, 2.45) is 5.10 Å². The molecular weight excluding hydrogens is 436 g/mol. The molecule has 1 heterocycles. The number of hydrogen-bond donors (Lipinski definition) is 0. The van der Waals surface area contributed by atoms with Gasteiger partial charge in [0.25, 0.3) is 0 Å². The standard InChI is InChI=1S/C22H27ClN4O3S/c1-4-15-26(5-2)31(29,30)25(3)22(28)27-16-20(17-9-7-6-8-10-17)21(24-27)18-11-13-19(23)14-12-18/h6-14,20H,4-5,15-16H2,1-3H3. The first-order chi connectivity index (χ1) is 14.8. The molecule has 0 saturated carbocycles. The lowest BCUT2D eigenvalue weighted by Crippen LogP contribution is -2.48. The van der Waals surface area contributed by atoms with Gasteiger partial charge >= 0.3 is 16.2 Å². The van der Waals surface area contributed by atoms with E-state index in [0.717, 1.165) is 15.4 Å². The third kappa shape index (κ3) is 4.92. The maximum absolute atomic E-state index is 13.1. The zero-order valence-electron chi connectivity index (χ0n) is 17.9. The van der Waals surface area contributed by atoms with Gasteiger partial charge in [-0.3, -0.25) is 0 Å². The van der Waals surface area contributed by atoms with Crippen LogP contribution in [0.1, 0.15) is 37.3 Å². The van der Waals surface area contributed by atoms with Crippen LogP contribution in [0, 0.1) is 0 Å². The van der Waals surface area contributed by atoms with Crippen molar-refractivity contribution in [1.29, 1.82) is 0 Å². The number of hydrazone groups is 1. The topological polar surface area (TPSA) is 73.3 Å². The summed E-state index contributed by atoms with van der Waals surface area (Å²) in [5.41, 5.74) is 2.53. The zero-order chi connectivity index (χ0) is 22.6. The molecule has 1 aliphatic rings. The maximum atomic E-state index is 13.1. The molecule has 0 aliphatic carbocycles. The summed E-state index contributed by atoms with van der Waals surface area (Å²) >= 11 is 6.03. The molecule has 7 nitrogen and oxygen atoms in total. The van der Waals surface area contributed by atoms with Crippen LogP contribution in [0.2, 0.25) is 5.02 Å². The van der Waals surface area contributed by atoms with E-state index in [-0.39, 0.29) is 12.5 Å². The van der Waals surface area contributed by atoms with Crippen LogP contribution in [0.5, 0.6) is 0 Å². The van der Waals surface area contributed by atoms with Crippen LogP contribution in [0.15, 0.2) is 59.7 Å². The number of rotatable bonds is 7. The first-order valence-corrected chi connectivity index (χ1v) is 12.0. The van der Waals surface area contributed by atoms with Crippen LogP contribution < -0.4 is 0 Å². The lowest BCUT2D eigenvalue weighted by atomic mass is 9.91. The summed E-state index contributed by atoms with van der Waals surface area (Å²) in [5, 5.41) is 6.38. The monoisotopic (exact) mass is 462 g/mol. The maximum Gasteiger partial charge on any atom is 0.354 e. The number of amides is 2. The normalized spacial score (nSPS) is 16.5. The van der Waals surface area contributed by atoms with Crippen LogP contribution in [0.25, 0.3) is 0 Å². The van der Waals surface area contributed by atoms with Crippen LogP contribution in [0.3, 0.4) is 0 Å². The molecule has 1 atom stereocenters. The Kier molecular flexibility index (Phi) is 7.35. The Bertz CT molecular complexity index is 1040. The third-order valence-electron chi connectivity index (χ3n) is 5.24. The molecule has 1 aliphatic heterocycles. The molecule has 0 bridgehead atoms. The number of urea groups is 1. The van der Waals surface area contributed by atoms with Gasteiger partial charge in [-0.25, -0.2) is 14.1 Å². The van der Waals surface area contributed by atoms with Gasteiger partial charge in [-0.05, 0) is 29.7 Å². The van der Waals surface area contributed by atoms with Gasteiger partial charge in [-0.1, -0.05) is 67.9 Å². The second-order valence-corrected chi connectivity index (χ2v) is 9.68. The van der Waals surface area contributed by atoms with Crippen molar-refractivity contribution >= 4 is 33.6 Å². The van der Waals surface area contributed by atoms with Crippen molar-refractivity contribution in [3.63, 3.8) is 0 Å². The predicted octanol–water partition coefficient (Wildman–Crippen LogP) is 4.17. The Balaban J connectivity index is 1.94. The Hall–Kier alpha value is -2.42. The minimum absolute atomic E-state index is 0.180. The highest BCUT2D eigenvalue weighted by Crippen LogP contribution is 2.30. The van der Waals surface area contributed by atoms with E-state index in [2.05, 4.69) is 5.10 Å². The molecule has 2 amide bonds. The molecule has 0 saturated heterocycles. The van der Waals surface area contributed by atoms with E-state index >= 15 is 0 Å². The number of carbonyl (C=O) groups excluding carboxylic acids is 1. The fourth-order valence-electron chi connectivity index (χ4n) is 3.57. The van der Waals surface area contributed by atoms with Gasteiger partial charge in [-0.2, -0.15) is 17.8 Å². The summed E-state index contributed by atoms with van der Waals surface area (Å²) in [5.74, 6) is -0.180. The lowest BCUT2D eigenvalue weighted by molar-refractivity contribution is 0.186. The van der Waals surface area contributed by atoms with Crippen molar-refractivity contribution in [3.05, 3.63) is 70.7 Å². The second kappa shape index (κ2) is 9.80. The van der Waals surface area contributed by atoms with Gasteiger partial charge in [0.1, 0.15) is 0 Å². The molecular formula is C22H27ClN4O3S. The number of carbonyl (C=O) groups is 1. The van der Waals surface area contributed by atoms with Gasteiger partial charge in [0, 0.05) is 31.1 Å². The fraction of sp³-hybridized carbons (Fsp3) is 0.364. The number of halogens is 1. The van der Waals surface area contributed by atoms with E-state index in [1.807, 2.05) is 49.4 Å². The molecule has 0 spiro atoms. The Labute approximate surface area is 189 Å². The summed E-state index contributed by atoms with van der Waals surface area (Å²) in [6.07, 6.45) is 0.660. The van der Waals surface area contributed by atoms with E-state index in [4.69, 9.17) is 11.6 Å². The molecule has 1 unspecified atom stereocenters. The smallest absolute Gasteiger partial charge is 0.245 e. The Morgan fingerprint density at radius 2 is 1.77 bits per heavy atom. The summed E-state index contributed by atoms with van der Waals surface area (Å²) in [7, 11) is -2.65. The van der Waals surface area contributed by atoms with Crippen LogP contribution in [-0.4, -0.2) is 60.5 Å². The number of hydrogen-bond acceptors (Lipinski definition) is 4. The molecule has 31 heavy (non-hydrogen) atoms. The largest absolute Gasteiger partial charge is 0.354 e. The van der Waals surface area contributed by atoms with E-state index in [9.17, 15) is 13.2 Å². The van der Waals surface area contributed by atoms with E-state index in [1.54, 1.807) is 19.1 Å². The highest BCUT2D eigenvalue weighted by atomic mass is 35.5. The minimum atomic E-state index is -3.93. The number of benzene rings is 2. The average molecular weight is 463 g/mol. The molecule has 166 valence electrons. The molecule has 0 aromatic heterocycles. The van der Waals surface area contributed by atoms with E-state index in [1.165, 1.54) is 16.4 Å². The van der Waals surface area contributed by atoms with Crippen molar-refractivity contribution in [2.75, 3.05) is 26.7 Å². The minimum Gasteiger partial charge on any atom is -0.245 e. The van der Waals surface area contributed by atoms with Gasteiger partial charge in [-0.15, -0.1) is 0 Å². The summed E-state index contributed by atoms with van der Waals surface area (Å²) < 4.78 is 27.9. The molecule has 2 aromatic carbocycles. The molecule has 0 fully saturated rings. The molecule has 9 heteroatoms. The lowest BCUT2D eigenvalue weighted by Gasteiger charge is -2.28. The first-order valence-electron chi connectivity index (χ1n) is 10.2. The Morgan fingerprint density at radius 3 is 2.35 bits per heavy atom. The predicted molar refractivity (Wildman–Crippen MR) is 123 cm³/mol. The molecule has 0 N–H and O–H groups in total. The van der Waals surface area contributed by atoms with Crippen molar-refractivity contribution in [2.45, 2.75) is 26.2 Å². The van der Waals surface area contributed by atoms with Gasteiger partial charge in [0.2, 0.25) is 0 Å². The van der Waals surface area contributed by atoms with Gasteiger partial charge in [0.05, 0.1) is 12.3 Å². The molecule has 0 radical (unpaired) electrons. The third-order valence-corrected chi connectivity index (χ3v) is 7.44. The summed E-state index contributed by atoms with van der Waals surface area (Å²) in [6, 6.07) is 16.3. The fourth-order valence-corrected chi connectivity index (χ4v) is 5.07. The van der Waals surface area contributed by atoms with Gasteiger partial charge in [0.15, 0.2) is 0 Å². The molecule has 2 aromatic rings. The van der Waals surface area contributed by atoms with Gasteiger partial charge < -0.3 is 0 Å². The van der Waals surface area contributed by atoms with Crippen LogP contribution in [-0.2, 0) is 10.2 Å². The van der Waals surface area contributed by atoms with Crippen LogP contribution in [0.4, 0.5) is 4.79 Å². The van der Waals surface area contributed by atoms with Crippen molar-refractivity contribution in [3.8, 4) is 0 Å². The molecule has 3 rings (SSSR count). The quantitative estimate of drug-likeness (QED) is 0.619. The highest BCUT2D eigenvalue weighted by Gasteiger charge is 2.37.